The van der Waals surface area contributed by atoms with Gasteiger partial charge in [0.15, 0.2) is 28.5 Å². The number of nitrogens with two attached hydrogens (primary N) is 3. The molecule has 0 unspecified atom stereocenters. The molecule has 32 heteroatoms. The summed E-state index contributed by atoms with van der Waals surface area (Å²) >= 11 is 0. The first-order valence-corrected chi connectivity index (χ1v) is 36.0. The maximum atomic E-state index is 14.9. The number of carbonyl (C=O) groups excluding carboxylic acids is 16. The number of carbonyl (C=O) groups is 16. The molecule has 552 valence electrons. The van der Waals surface area contributed by atoms with Gasteiger partial charge in [-0.05, 0) is 86.9 Å². The molecule has 11 amide bonds. The van der Waals surface area contributed by atoms with E-state index in [1.807, 2.05) is 0 Å². The van der Waals surface area contributed by atoms with E-state index in [9.17, 15) is 81.8 Å². The van der Waals surface area contributed by atoms with Crippen LogP contribution in [0.25, 0.3) is 0 Å². The van der Waals surface area contributed by atoms with E-state index in [0.29, 0.717) is 33.7 Å². The maximum absolute atomic E-state index is 14.9. The molecule has 0 radical (unpaired) electrons. The summed E-state index contributed by atoms with van der Waals surface area (Å²) in [6.07, 6.45) is -3.43. The number of rotatable bonds is 28. The molecule has 12 atom stereocenters. The van der Waals surface area contributed by atoms with Crippen LogP contribution in [-0.2, 0) is 76.7 Å². The number of fused-ring (bicyclic) bond motifs is 1. The molecule has 2 heterocycles. The number of primary amides is 2. The summed E-state index contributed by atoms with van der Waals surface area (Å²) in [6.45, 7) is 23.7. The minimum absolute atomic E-state index is 0.0369. The van der Waals surface area contributed by atoms with Crippen molar-refractivity contribution in [2.24, 2.45) is 64.5 Å². The Morgan fingerprint density at radius 2 is 1.14 bits per heavy atom. The SMILES string of the molecule is C=C(CCC(=O)[C@@H]1CSS[C@H](NC(=O)[C@H](CO)NC(=O)[C@H](CC(N)=O)CC(=O)[C@@H](N)C(C)C)C(=O)N[C@@H](CC(C)C)C(=O)C[C@@H](CC(C)C)C(=O)N[C@@H](CC(C)C)C(=O)N2CCC[C@H]2C(=O)N[C@@H](CC(N)=O)C(=O)N[C@@H](CC(C)C)C(=O)N[C@@H](CC(C)C)C(=O)CC(=O)C(=O)N1)NC. The fourth-order valence-corrected chi connectivity index (χ4v) is 13.4. The smallest absolute Gasteiger partial charge is 0.288 e. The molecule has 0 aromatic carbocycles. The number of aliphatic hydroxyl groups is 1. The normalized spacial score (nSPS) is 23.9. The van der Waals surface area contributed by atoms with E-state index < -0.39 is 210 Å². The second kappa shape index (κ2) is 42.6. The predicted molar refractivity (Wildman–Crippen MR) is 368 cm³/mol. The van der Waals surface area contributed by atoms with Gasteiger partial charge in [-0.25, -0.2) is 0 Å². The fraction of sp³-hybridized carbons (Fsp3) is 0.727. The van der Waals surface area contributed by atoms with E-state index >= 15 is 0 Å². The third-order valence-corrected chi connectivity index (χ3v) is 18.9. The van der Waals surface area contributed by atoms with Crippen molar-refractivity contribution in [3.63, 3.8) is 0 Å². The Hall–Kier alpha value is -7.32. The molecule has 0 aromatic heterocycles. The highest BCUT2D eigenvalue weighted by Crippen LogP contribution is 2.29. The first-order chi connectivity index (χ1) is 45.7. The van der Waals surface area contributed by atoms with Crippen molar-refractivity contribution in [3.8, 4) is 0 Å². The minimum Gasteiger partial charge on any atom is -0.394 e. The summed E-state index contributed by atoms with van der Waals surface area (Å²) in [4.78, 5) is 225. The lowest BCUT2D eigenvalue weighted by molar-refractivity contribution is -0.143. The van der Waals surface area contributed by atoms with Crippen LogP contribution in [0, 0.1) is 47.3 Å². The van der Waals surface area contributed by atoms with Gasteiger partial charge in [-0.3, -0.25) is 76.7 Å². The Morgan fingerprint density at radius 1 is 0.622 bits per heavy atom. The molecule has 0 saturated carbocycles. The van der Waals surface area contributed by atoms with Crippen molar-refractivity contribution >= 4 is 115 Å². The Bertz CT molecular complexity index is 2870. The summed E-state index contributed by atoms with van der Waals surface area (Å²) in [6, 6.07) is -12.9. The Labute approximate surface area is 583 Å². The molecular weight excluding hydrogens is 1310 g/mol. The molecule has 0 aromatic rings. The number of nitrogens with zero attached hydrogens (tertiary/aromatic N) is 1. The lowest BCUT2D eigenvalue weighted by atomic mass is 9.87. The minimum atomic E-state index is -1.88. The van der Waals surface area contributed by atoms with Crippen molar-refractivity contribution in [1.82, 2.24) is 52.8 Å². The second-order valence-electron chi connectivity index (χ2n) is 27.9. The number of aliphatic hydroxyl groups excluding tert-OH is 1. The fourth-order valence-electron chi connectivity index (χ4n) is 11.0. The van der Waals surface area contributed by atoms with Crippen molar-refractivity contribution in [1.29, 1.82) is 0 Å². The molecule has 30 nitrogen and oxygen atoms in total. The van der Waals surface area contributed by atoms with Crippen LogP contribution in [0.15, 0.2) is 12.3 Å². The molecule has 16 N–H and O–H groups in total. The van der Waals surface area contributed by atoms with Gasteiger partial charge in [0.25, 0.3) is 11.8 Å². The highest BCUT2D eigenvalue weighted by atomic mass is 33.1. The average Bonchev–Trinajstić information content (AvgIpc) is 1.61. The zero-order valence-electron chi connectivity index (χ0n) is 59.1. The van der Waals surface area contributed by atoms with Gasteiger partial charge in [0.2, 0.25) is 58.9 Å². The number of allylic oxidation sites excluding steroid dienone is 1. The lowest BCUT2D eigenvalue weighted by Gasteiger charge is -2.32. The van der Waals surface area contributed by atoms with Crippen molar-refractivity contribution in [3.05, 3.63) is 12.3 Å². The largest absolute Gasteiger partial charge is 0.394 e. The van der Waals surface area contributed by atoms with E-state index in [1.165, 1.54) is 4.90 Å². The third kappa shape index (κ3) is 30.4. The molecule has 2 aliphatic rings. The topological polar surface area (TPSA) is 483 Å². The van der Waals surface area contributed by atoms with Gasteiger partial charge in [-0.1, -0.05) is 111 Å². The molecule has 2 aliphatic heterocycles. The molecule has 98 heavy (non-hydrogen) atoms. The van der Waals surface area contributed by atoms with Crippen LogP contribution in [0.5, 0.6) is 0 Å². The third-order valence-electron chi connectivity index (χ3n) is 16.3. The Balaban J connectivity index is 2.98. The van der Waals surface area contributed by atoms with E-state index in [2.05, 4.69) is 54.4 Å². The average molecular weight is 1420 g/mol. The van der Waals surface area contributed by atoms with Gasteiger partial charge in [-0.2, -0.15) is 0 Å². The number of hydrogen-bond donors (Lipinski definition) is 13. The summed E-state index contributed by atoms with van der Waals surface area (Å²) < 4.78 is 0. The van der Waals surface area contributed by atoms with Crippen LogP contribution < -0.4 is 65.1 Å². The van der Waals surface area contributed by atoms with Crippen LogP contribution in [0.1, 0.15) is 173 Å². The van der Waals surface area contributed by atoms with Crippen LogP contribution in [0.4, 0.5) is 0 Å². The first kappa shape index (κ1) is 86.8. The van der Waals surface area contributed by atoms with Crippen molar-refractivity contribution in [2.45, 2.75) is 233 Å². The molecule has 0 aliphatic carbocycles. The summed E-state index contributed by atoms with van der Waals surface area (Å²) in [5, 5.41) is 31.9. The lowest BCUT2D eigenvalue weighted by Crippen LogP contribution is -2.59. The summed E-state index contributed by atoms with van der Waals surface area (Å²) in [7, 11) is 2.84. The maximum Gasteiger partial charge on any atom is 0.288 e. The molecule has 2 rings (SSSR count). The van der Waals surface area contributed by atoms with Gasteiger partial charge < -0.3 is 75.1 Å². The highest BCUT2D eigenvalue weighted by Gasteiger charge is 2.42. The second-order valence-corrected chi connectivity index (χ2v) is 30.4. The van der Waals surface area contributed by atoms with Crippen LogP contribution in [0.3, 0.4) is 0 Å². The highest BCUT2D eigenvalue weighted by molar-refractivity contribution is 8.77. The van der Waals surface area contributed by atoms with Gasteiger partial charge >= 0.3 is 0 Å². The van der Waals surface area contributed by atoms with Crippen molar-refractivity contribution < 1.29 is 81.8 Å². The zero-order valence-corrected chi connectivity index (χ0v) is 60.7. The number of Topliss-reactive ketones (excluding diaryl/α,β-unsaturated/α-hetero) is 5. The van der Waals surface area contributed by atoms with Gasteiger partial charge in [0, 0.05) is 56.6 Å². The molecule has 0 bridgehead atoms. The molecule has 0 spiro atoms. The summed E-state index contributed by atoms with van der Waals surface area (Å²) in [5.74, 6) is -19.9. The standard InChI is InChI=1S/C66H109N13O17S2/c1-32(2)20-39-25-50(82)41(21-33(3)4)72-64(95)65(78-61(92)46(30-80)76-58(89)40(27-54(67)86)26-52(84)56(69)37(11)12)98-97-31-47(49(81)18-17-38(13)70-14)77-63(94)53(85)29-51(83)42(22-34(5)6)71-59(90)43(23-35(7)8)73-60(91)44(28-55(68)87)74-62(93)48-16-15-19-79(48)66(96)45(24-36(9)10)75-57(39)88/h32-37,39-48,56,65,70,80H,13,15-31,69H2,1-12,14H3,(H2,67,86)(H2,68,87)(H,71,90)(H,72,95)(H,73,91)(H,74,93)(H,75,88)(H,76,89)(H,77,94)(H,78,92)/t39-,40+,41+,42+,43+,44+,45+,46+,47+,48+,56+,65+/m1/s1. The monoisotopic (exact) mass is 1420 g/mol. The molecular formula is C66H109N13O17S2. The molecule has 2 fully saturated rings. The Kier molecular flexibility index (Phi) is 37.7. The van der Waals surface area contributed by atoms with Gasteiger partial charge in [0.1, 0.15) is 30.2 Å². The molecule has 2 saturated heterocycles. The van der Waals surface area contributed by atoms with Crippen molar-refractivity contribution in [2.75, 3.05) is 26.0 Å². The zero-order chi connectivity index (χ0) is 74.6. The number of nitrogens with one attached hydrogen (secondary N) is 9. The van der Waals surface area contributed by atoms with E-state index in [1.54, 1.807) is 90.1 Å². The van der Waals surface area contributed by atoms with E-state index in [4.69, 9.17) is 17.2 Å². The quantitative estimate of drug-likeness (QED) is 0.0277. The van der Waals surface area contributed by atoms with Crippen LogP contribution in [-0.4, -0.2) is 190 Å². The van der Waals surface area contributed by atoms with Crippen LogP contribution in [0.2, 0.25) is 0 Å². The predicted octanol–water partition coefficient (Wildman–Crippen LogP) is -0.0733. The number of amides is 11. The van der Waals surface area contributed by atoms with Gasteiger partial charge in [0.05, 0.1) is 49.5 Å². The summed E-state index contributed by atoms with van der Waals surface area (Å²) in [5.41, 5.74) is 17.5. The Morgan fingerprint density at radius 3 is 1.68 bits per heavy atom. The number of ketones is 5. The first-order valence-electron chi connectivity index (χ1n) is 33.6. The van der Waals surface area contributed by atoms with Crippen LogP contribution >= 0.6 is 21.6 Å². The van der Waals surface area contributed by atoms with E-state index in [0.717, 1.165) is 0 Å². The van der Waals surface area contributed by atoms with E-state index in [-0.39, 0.29) is 93.4 Å². The number of hydrogen-bond acceptors (Lipinski definition) is 21. The van der Waals surface area contributed by atoms with Gasteiger partial charge in [-0.15, -0.1) is 0 Å².